The highest BCUT2D eigenvalue weighted by atomic mass is 35.5. The number of hydrogen-bond donors (Lipinski definition) is 1. The Kier molecular flexibility index (Phi) is 3.62. The van der Waals surface area contributed by atoms with Crippen LogP contribution in [0.25, 0.3) is 5.65 Å². The minimum Gasteiger partial charge on any atom is -0.346 e. The van der Waals surface area contributed by atoms with Crippen molar-refractivity contribution in [2.24, 2.45) is 0 Å². The first-order chi connectivity index (χ1) is 10.2. The molecule has 1 N–H and O–H groups in total. The fraction of sp³-hybridized carbons (Fsp3) is 0.125. The highest BCUT2D eigenvalue weighted by Gasteiger charge is 2.12. The lowest BCUT2D eigenvalue weighted by atomic mass is 10.2. The van der Waals surface area contributed by atoms with Crippen LogP contribution in [0.1, 0.15) is 21.7 Å². The van der Waals surface area contributed by atoms with Crippen LogP contribution in [0.2, 0.25) is 5.02 Å². The molecule has 0 atom stereocenters. The zero-order valence-corrected chi connectivity index (χ0v) is 12.3. The maximum Gasteiger partial charge on any atom is 0.253 e. The van der Waals surface area contributed by atoms with E-state index in [1.807, 2.05) is 35.7 Å². The molecule has 0 aliphatic rings. The summed E-state index contributed by atoms with van der Waals surface area (Å²) in [5, 5.41) is 3.34. The van der Waals surface area contributed by atoms with E-state index in [2.05, 4.69) is 10.3 Å². The van der Waals surface area contributed by atoms with Crippen molar-refractivity contribution in [1.29, 1.82) is 0 Å². The van der Waals surface area contributed by atoms with E-state index in [0.717, 1.165) is 17.0 Å². The van der Waals surface area contributed by atoms with Crippen LogP contribution in [0.3, 0.4) is 0 Å². The molecule has 106 valence electrons. The molecule has 0 aliphatic carbocycles. The third-order valence-corrected chi connectivity index (χ3v) is 3.69. The SMILES string of the molecule is Cc1nc2ccccn2c1CNC(=O)c1ccccc1Cl. The molecule has 3 rings (SSSR count). The second-order valence-corrected chi connectivity index (χ2v) is 5.14. The lowest BCUT2D eigenvalue weighted by Gasteiger charge is -2.07. The van der Waals surface area contributed by atoms with E-state index in [1.165, 1.54) is 0 Å². The number of rotatable bonds is 3. The van der Waals surface area contributed by atoms with Gasteiger partial charge in [-0.1, -0.05) is 29.8 Å². The normalized spacial score (nSPS) is 10.8. The molecule has 1 aromatic carbocycles. The molecule has 0 saturated carbocycles. The number of nitrogens with one attached hydrogen (secondary N) is 1. The molecule has 0 radical (unpaired) electrons. The number of halogens is 1. The largest absolute Gasteiger partial charge is 0.346 e. The van der Waals surface area contributed by atoms with Gasteiger partial charge < -0.3 is 9.72 Å². The van der Waals surface area contributed by atoms with Crippen molar-refractivity contribution in [1.82, 2.24) is 14.7 Å². The van der Waals surface area contributed by atoms with Crippen molar-refractivity contribution in [3.63, 3.8) is 0 Å². The number of benzene rings is 1. The van der Waals surface area contributed by atoms with Gasteiger partial charge in [-0.2, -0.15) is 0 Å². The molecule has 0 spiro atoms. The third-order valence-electron chi connectivity index (χ3n) is 3.36. The summed E-state index contributed by atoms with van der Waals surface area (Å²) in [6.07, 6.45) is 1.94. The van der Waals surface area contributed by atoms with Crippen molar-refractivity contribution in [2.75, 3.05) is 0 Å². The first kappa shape index (κ1) is 13.6. The van der Waals surface area contributed by atoms with Crippen molar-refractivity contribution in [3.8, 4) is 0 Å². The van der Waals surface area contributed by atoms with E-state index in [-0.39, 0.29) is 5.91 Å². The highest BCUT2D eigenvalue weighted by molar-refractivity contribution is 6.33. The predicted molar refractivity (Wildman–Crippen MR) is 82.6 cm³/mol. The molecule has 0 fully saturated rings. The first-order valence-electron chi connectivity index (χ1n) is 6.62. The van der Waals surface area contributed by atoms with Crippen molar-refractivity contribution >= 4 is 23.2 Å². The van der Waals surface area contributed by atoms with Crippen LogP contribution in [0.15, 0.2) is 48.7 Å². The smallest absolute Gasteiger partial charge is 0.253 e. The van der Waals surface area contributed by atoms with Gasteiger partial charge in [-0.15, -0.1) is 0 Å². The number of aromatic nitrogens is 2. The van der Waals surface area contributed by atoms with Crippen LogP contribution in [-0.2, 0) is 6.54 Å². The number of carbonyl (C=O) groups is 1. The molecule has 0 saturated heterocycles. The number of nitrogens with zero attached hydrogens (tertiary/aromatic N) is 2. The molecule has 0 bridgehead atoms. The Labute approximate surface area is 127 Å². The van der Waals surface area contributed by atoms with Crippen LogP contribution >= 0.6 is 11.6 Å². The Bertz CT molecular complexity index is 810. The number of carbonyl (C=O) groups excluding carboxylic acids is 1. The molecule has 2 heterocycles. The standard InChI is InChI=1S/C16H14ClN3O/c1-11-14(20-9-5-4-8-15(20)19-11)10-18-16(21)12-6-2-3-7-13(12)17/h2-9H,10H2,1H3,(H,18,21). The molecular weight excluding hydrogens is 286 g/mol. The maximum absolute atomic E-state index is 12.2. The van der Waals surface area contributed by atoms with Crippen LogP contribution in [0, 0.1) is 6.92 Å². The first-order valence-corrected chi connectivity index (χ1v) is 7.00. The molecule has 5 heteroatoms. The van der Waals surface area contributed by atoms with Crippen molar-refractivity contribution < 1.29 is 4.79 Å². The van der Waals surface area contributed by atoms with Gasteiger partial charge in [0.15, 0.2) is 0 Å². The van der Waals surface area contributed by atoms with Crippen molar-refractivity contribution in [2.45, 2.75) is 13.5 Å². The van der Waals surface area contributed by atoms with E-state index in [0.29, 0.717) is 17.1 Å². The average molecular weight is 300 g/mol. The zero-order valence-electron chi connectivity index (χ0n) is 11.5. The summed E-state index contributed by atoms with van der Waals surface area (Å²) in [5.41, 5.74) is 3.22. The van der Waals surface area contributed by atoms with E-state index in [9.17, 15) is 4.79 Å². The van der Waals surface area contributed by atoms with Crippen LogP contribution in [0.5, 0.6) is 0 Å². The van der Waals surface area contributed by atoms with Crippen LogP contribution in [-0.4, -0.2) is 15.3 Å². The number of imidazole rings is 1. The molecule has 21 heavy (non-hydrogen) atoms. The second-order valence-electron chi connectivity index (χ2n) is 4.74. The lowest BCUT2D eigenvalue weighted by Crippen LogP contribution is -2.24. The maximum atomic E-state index is 12.2. The fourth-order valence-corrected chi connectivity index (χ4v) is 2.50. The topological polar surface area (TPSA) is 46.4 Å². The Morgan fingerprint density at radius 2 is 2.00 bits per heavy atom. The van der Waals surface area contributed by atoms with Gasteiger partial charge >= 0.3 is 0 Å². The number of fused-ring (bicyclic) bond motifs is 1. The van der Waals surface area contributed by atoms with Gasteiger partial charge in [0.2, 0.25) is 0 Å². The van der Waals surface area contributed by atoms with E-state index in [4.69, 9.17) is 11.6 Å². The van der Waals surface area contributed by atoms with E-state index in [1.54, 1.807) is 24.3 Å². The monoisotopic (exact) mass is 299 g/mol. The Morgan fingerprint density at radius 3 is 2.81 bits per heavy atom. The molecular formula is C16H14ClN3O. The molecule has 3 aromatic rings. The average Bonchev–Trinajstić information content (AvgIpc) is 2.81. The van der Waals surface area contributed by atoms with Gasteiger partial charge in [0, 0.05) is 6.20 Å². The summed E-state index contributed by atoms with van der Waals surface area (Å²) >= 11 is 6.03. The van der Waals surface area contributed by atoms with Gasteiger partial charge in [-0.05, 0) is 31.2 Å². The number of pyridine rings is 1. The number of aryl methyl sites for hydroxylation is 1. The lowest BCUT2D eigenvalue weighted by molar-refractivity contribution is 0.0950. The van der Waals surface area contributed by atoms with Gasteiger partial charge in [0.05, 0.1) is 28.5 Å². The van der Waals surface area contributed by atoms with Gasteiger partial charge in [0.25, 0.3) is 5.91 Å². The quantitative estimate of drug-likeness (QED) is 0.807. The number of amides is 1. The van der Waals surface area contributed by atoms with E-state index < -0.39 is 0 Å². The van der Waals surface area contributed by atoms with Crippen LogP contribution in [0.4, 0.5) is 0 Å². The zero-order chi connectivity index (χ0) is 14.8. The summed E-state index contributed by atoms with van der Waals surface area (Å²) in [4.78, 5) is 16.6. The summed E-state index contributed by atoms with van der Waals surface area (Å²) in [6, 6.07) is 12.8. The van der Waals surface area contributed by atoms with E-state index >= 15 is 0 Å². The predicted octanol–water partition coefficient (Wildman–Crippen LogP) is 3.23. The third kappa shape index (κ3) is 2.62. The molecule has 4 nitrogen and oxygen atoms in total. The summed E-state index contributed by atoms with van der Waals surface area (Å²) < 4.78 is 1.97. The fourth-order valence-electron chi connectivity index (χ4n) is 2.28. The Hall–Kier alpha value is -2.33. The minimum absolute atomic E-state index is 0.189. The van der Waals surface area contributed by atoms with Crippen molar-refractivity contribution in [3.05, 3.63) is 70.6 Å². The Morgan fingerprint density at radius 1 is 1.24 bits per heavy atom. The van der Waals surface area contributed by atoms with Crippen LogP contribution < -0.4 is 5.32 Å². The molecule has 0 unspecified atom stereocenters. The highest BCUT2D eigenvalue weighted by Crippen LogP contribution is 2.15. The molecule has 0 aliphatic heterocycles. The molecule has 1 amide bonds. The summed E-state index contributed by atoms with van der Waals surface area (Å²) in [6.45, 7) is 2.34. The molecule has 2 aromatic heterocycles. The van der Waals surface area contributed by atoms with Gasteiger partial charge in [-0.3, -0.25) is 4.79 Å². The Balaban J connectivity index is 1.82. The summed E-state index contributed by atoms with van der Waals surface area (Å²) in [7, 11) is 0. The minimum atomic E-state index is -0.189. The van der Waals surface area contributed by atoms with Gasteiger partial charge in [0.1, 0.15) is 5.65 Å². The van der Waals surface area contributed by atoms with Gasteiger partial charge in [-0.25, -0.2) is 4.98 Å². The second kappa shape index (κ2) is 5.58. The number of hydrogen-bond acceptors (Lipinski definition) is 2. The summed E-state index contributed by atoms with van der Waals surface area (Å²) in [5.74, 6) is -0.189.